The number of aldehydes is 1. The molecule has 13 atom stereocenters. The molecule has 0 radical (unpaired) electrons. The zero-order valence-corrected chi connectivity index (χ0v) is 48.0. The van der Waals surface area contributed by atoms with Crippen molar-refractivity contribution in [2.24, 2.45) is 40.9 Å². The van der Waals surface area contributed by atoms with E-state index in [0.717, 1.165) is 29.7 Å². The lowest BCUT2D eigenvalue weighted by Gasteiger charge is -2.38. The van der Waals surface area contributed by atoms with Crippen LogP contribution in [-0.4, -0.2) is 175 Å². The van der Waals surface area contributed by atoms with Gasteiger partial charge < -0.3 is 58.9 Å². The van der Waals surface area contributed by atoms with Crippen LogP contribution < -0.4 is 0 Å². The van der Waals surface area contributed by atoms with Crippen molar-refractivity contribution in [1.82, 2.24) is 4.90 Å². The van der Waals surface area contributed by atoms with Gasteiger partial charge in [-0.1, -0.05) is 84.9 Å². The Hall–Kier alpha value is -4.11. The van der Waals surface area contributed by atoms with E-state index in [0.29, 0.717) is 43.5 Å². The van der Waals surface area contributed by atoms with E-state index >= 15 is 0 Å². The van der Waals surface area contributed by atoms with E-state index in [1.807, 2.05) is 31.2 Å². The van der Waals surface area contributed by atoms with Crippen molar-refractivity contribution in [2.75, 3.05) is 48.2 Å². The minimum Gasteiger partial charge on any atom is -0.459 e. The summed E-state index contributed by atoms with van der Waals surface area (Å²) in [5, 5.41) is 50.6. The van der Waals surface area contributed by atoms with Crippen LogP contribution in [0.15, 0.2) is 47.6 Å². The first-order chi connectivity index (χ1) is 35.7. The Balaban J connectivity index is 0.000000770. The lowest BCUT2D eigenvalue weighted by Crippen LogP contribution is -2.50. The van der Waals surface area contributed by atoms with Crippen molar-refractivity contribution in [3.63, 3.8) is 0 Å². The van der Waals surface area contributed by atoms with Crippen molar-refractivity contribution < 1.29 is 82.8 Å². The fraction of sp³-hybridized carbons (Fsp3) is 0.741. The standard InChI is InChI=1S/C31H54O10.C27H41NO7/c1-18(2)27(35)29(40-9)28(36)21(5)12-19(3)23(34)15-25(38-7)20(4)13-22-10-11-24(26(14-22)39-8)41-30(37)31(6,16-32)17-33;1-18(2)11-7-6-8-12-19(3)24(35-5)16-22(30)15-23(31)20(4)25(32)26(33)27(34)28-14-10-9-13-21(28)17-29/h12,18-20,22,24-26,28-29,32-33,36H,10-11,13-17H2,1-9H3;6-8,11-12,17-18,20-24,30-31H,9-10,13-16H2,1-5H3/b21-12+;8-6+,11-7+,19-12+. The summed E-state index contributed by atoms with van der Waals surface area (Å²) in [6.45, 7) is 17.1. The Labute approximate surface area is 452 Å². The Bertz CT molecular complexity index is 1950. The molecule has 0 aromatic carbocycles. The fourth-order valence-corrected chi connectivity index (χ4v) is 9.30. The van der Waals surface area contributed by atoms with Crippen molar-refractivity contribution in [3.8, 4) is 0 Å². The van der Waals surface area contributed by atoms with Crippen LogP contribution >= 0.6 is 0 Å². The van der Waals surface area contributed by atoms with Crippen LogP contribution in [0.2, 0.25) is 0 Å². The molecule has 0 bridgehead atoms. The van der Waals surface area contributed by atoms with Gasteiger partial charge in [-0.15, -0.1) is 0 Å². The van der Waals surface area contributed by atoms with Gasteiger partial charge in [-0.05, 0) is 94.6 Å². The predicted molar refractivity (Wildman–Crippen MR) is 288 cm³/mol. The fourth-order valence-electron chi connectivity index (χ4n) is 9.30. The number of hydrogen-bond donors (Lipinski definition) is 5. The van der Waals surface area contributed by atoms with Gasteiger partial charge in [-0.25, -0.2) is 0 Å². The van der Waals surface area contributed by atoms with E-state index in [4.69, 9.17) is 23.7 Å². The van der Waals surface area contributed by atoms with Crippen LogP contribution in [0.1, 0.15) is 133 Å². The summed E-state index contributed by atoms with van der Waals surface area (Å²) in [5.41, 5.74) is 0.0310. The van der Waals surface area contributed by atoms with Crippen LogP contribution in [0.5, 0.6) is 0 Å². The van der Waals surface area contributed by atoms with Gasteiger partial charge in [0.05, 0.1) is 49.8 Å². The third-order valence-electron chi connectivity index (χ3n) is 14.8. The van der Waals surface area contributed by atoms with Gasteiger partial charge in [-0.2, -0.15) is 0 Å². The molecule has 0 spiro atoms. The number of hydrogen-bond acceptors (Lipinski definition) is 17. The average Bonchev–Trinajstić information content (AvgIpc) is 3.40. The third kappa shape index (κ3) is 22.3. The molecule has 1 aliphatic carbocycles. The number of methoxy groups -OCH3 is 4. The number of carbonyl (C=O) groups is 7. The maximum atomic E-state index is 13.1. The average molecular weight is 1080 g/mol. The van der Waals surface area contributed by atoms with E-state index in [2.05, 4.69) is 26.8 Å². The minimum absolute atomic E-state index is 0.0272. The topological polar surface area (TPSA) is 270 Å². The predicted octanol–water partition coefficient (Wildman–Crippen LogP) is 5.46. The molecule has 18 heteroatoms. The highest BCUT2D eigenvalue weighted by Crippen LogP contribution is 2.35. The molecule has 76 heavy (non-hydrogen) atoms. The van der Waals surface area contributed by atoms with Gasteiger partial charge in [0, 0.05) is 72.0 Å². The third-order valence-corrected chi connectivity index (χ3v) is 14.8. The molecule has 1 aliphatic heterocycles. The second-order valence-electron chi connectivity index (χ2n) is 21.8. The van der Waals surface area contributed by atoms with Gasteiger partial charge in [0.15, 0.2) is 5.78 Å². The first-order valence-corrected chi connectivity index (χ1v) is 26.9. The Morgan fingerprint density at radius 1 is 0.776 bits per heavy atom. The molecule has 2 rings (SSSR count). The number of carbonyl (C=O) groups excluding carboxylic acids is 7. The van der Waals surface area contributed by atoms with Gasteiger partial charge in [0.2, 0.25) is 5.78 Å². The number of piperidine rings is 1. The molecule has 5 N–H and O–H groups in total. The van der Waals surface area contributed by atoms with Crippen molar-refractivity contribution in [1.29, 1.82) is 0 Å². The maximum Gasteiger partial charge on any atom is 0.316 e. The summed E-state index contributed by atoms with van der Waals surface area (Å²) >= 11 is 0. The molecule has 2 fully saturated rings. The number of aliphatic hydroxyl groups is 5. The molecule has 18 nitrogen and oxygen atoms in total. The number of ether oxygens (including phenoxy) is 5. The summed E-state index contributed by atoms with van der Waals surface area (Å²) in [6, 6.07) is -0.710. The number of allylic oxidation sites excluding steroid dienone is 6. The lowest BCUT2D eigenvalue weighted by atomic mass is 9.78. The number of likely N-dealkylation sites (tertiary alicyclic amines) is 1. The van der Waals surface area contributed by atoms with Crippen LogP contribution in [0, 0.1) is 40.9 Å². The highest BCUT2D eigenvalue weighted by atomic mass is 16.6. The molecule has 0 aromatic rings. The zero-order chi connectivity index (χ0) is 58.0. The van der Waals surface area contributed by atoms with Crippen molar-refractivity contribution in [2.45, 2.75) is 188 Å². The molecule has 0 aromatic heterocycles. The molecule has 2 aliphatic rings. The summed E-state index contributed by atoms with van der Waals surface area (Å²) in [7, 11) is 6.08. The first-order valence-electron chi connectivity index (χ1n) is 26.9. The van der Waals surface area contributed by atoms with Gasteiger partial charge in [0.1, 0.15) is 35.8 Å². The summed E-state index contributed by atoms with van der Waals surface area (Å²) < 4.78 is 27.7. The zero-order valence-electron chi connectivity index (χ0n) is 48.0. The molecule has 1 saturated heterocycles. The molecule has 1 saturated carbocycles. The molecule has 13 unspecified atom stereocenters. The van der Waals surface area contributed by atoms with E-state index in [1.165, 1.54) is 28.1 Å². The molecule has 434 valence electrons. The van der Waals surface area contributed by atoms with Gasteiger partial charge in [-0.3, -0.25) is 28.8 Å². The minimum atomic E-state index is -1.36. The van der Waals surface area contributed by atoms with E-state index in [-0.39, 0.29) is 67.3 Å². The quantitative estimate of drug-likeness (QED) is 0.0140. The summed E-state index contributed by atoms with van der Waals surface area (Å²) in [6.07, 6.45) is 11.1. The number of aliphatic hydroxyl groups excluding tert-OH is 5. The van der Waals surface area contributed by atoms with E-state index in [9.17, 15) is 59.1 Å². The second kappa shape index (κ2) is 35.4. The van der Waals surface area contributed by atoms with Crippen LogP contribution in [0.3, 0.4) is 0 Å². The number of nitrogens with zero attached hydrogens (tertiary/aromatic N) is 1. The smallest absolute Gasteiger partial charge is 0.316 e. The van der Waals surface area contributed by atoms with Crippen molar-refractivity contribution >= 4 is 41.3 Å². The van der Waals surface area contributed by atoms with Crippen LogP contribution in [-0.2, 0) is 57.2 Å². The largest absolute Gasteiger partial charge is 0.459 e. The number of amides is 1. The number of Topliss-reactive ketones (excluding diaryl/α,β-unsaturated/α-hetero) is 4. The SMILES string of the molecule is COC(CC(=O)C(C)/C=C(\C)C(O)C(OC)C(=O)C(C)C)C(C)CC1CCC(OC(=O)C(C)(CO)CO)C(OC)C1.COC(CC(O)CC(O)C(C)C(=O)C(=O)C(=O)N1CCCCC1C=O)/C(C)=C/C=C/C=C/C(C)C. The van der Waals surface area contributed by atoms with Gasteiger partial charge in [0.25, 0.3) is 11.7 Å². The second-order valence-corrected chi connectivity index (χ2v) is 21.8. The van der Waals surface area contributed by atoms with Crippen LogP contribution in [0.4, 0.5) is 0 Å². The van der Waals surface area contributed by atoms with E-state index in [1.54, 1.807) is 48.0 Å². The summed E-state index contributed by atoms with van der Waals surface area (Å²) in [4.78, 5) is 87.9. The maximum absolute atomic E-state index is 13.1. The van der Waals surface area contributed by atoms with Gasteiger partial charge >= 0.3 is 5.97 Å². The highest BCUT2D eigenvalue weighted by molar-refractivity contribution is 6.63. The Kier molecular flexibility index (Phi) is 32.6. The summed E-state index contributed by atoms with van der Waals surface area (Å²) in [5.74, 6) is -5.28. The molecular weight excluding hydrogens is 983 g/mol. The lowest BCUT2D eigenvalue weighted by molar-refractivity contribution is -0.177. The number of rotatable bonds is 32. The normalized spacial score (nSPS) is 22.5. The Morgan fingerprint density at radius 3 is 1.96 bits per heavy atom. The molecule has 1 heterocycles. The number of ketones is 4. The molecular formula is C58H95NO17. The monoisotopic (exact) mass is 1080 g/mol. The number of esters is 1. The van der Waals surface area contributed by atoms with E-state index < -0.39 is 96.6 Å². The van der Waals surface area contributed by atoms with Crippen LogP contribution in [0.25, 0.3) is 0 Å². The van der Waals surface area contributed by atoms with Crippen molar-refractivity contribution in [3.05, 3.63) is 47.6 Å². The molecule has 1 amide bonds. The highest BCUT2D eigenvalue weighted by Gasteiger charge is 2.41. The Morgan fingerprint density at radius 2 is 1.42 bits per heavy atom. The first kappa shape index (κ1) is 69.9.